The predicted octanol–water partition coefficient (Wildman–Crippen LogP) is 4.36. The smallest absolute Gasteiger partial charge is 0.0931 e. The van der Waals surface area contributed by atoms with Crippen molar-refractivity contribution in [2.75, 3.05) is 13.1 Å². The van der Waals surface area contributed by atoms with E-state index in [9.17, 15) is 0 Å². The van der Waals surface area contributed by atoms with Crippen LogP contribution in [0.5, 0.6) is 0 Å². The summed E-state index contributed by atoms with van der Waals surface area (Å²) < 4.78 is 0.898. The first-order chi connectivity index (χ1) is 7.59. The first-order valence-electron chi connectivity index (χ1n) is 6.04. The molecule has 0 spiro atoms. The van der Waals surface area contributed by atoms with Crippen molar-refractivity contribution in [1.29, 1.82) is 0 Å². The van der Waals surface area contributed by atoms with Crippen molar-refractivity contribution >= 4 is 22.9 Å². The Morgan fingerprint density at radius 3 is 2.62 bits per heavy atom. The van der Waals surface area contributed by atoms with E-state index < -0.39 is 0 Å². The summed E-state index contributed by atoms with van der Waals surface area (Å²) in [6.07, 6.45) is 3.52. The van der Waals surface area contributed by atoms with Crippen molar-refractivity contribution in [3.63, 3.8) is 0 Å². The molecule has 0 fully saturated rings. The molecule has 1 aromatic rings. The van der Waals surface area contributed by atoms with E-state index in [-0.39, 0.29) is 0 Å². The Morgan fingerprint density at radius 1 is 1.38 bits per heavy atom. The normalized spacial score (nSPS) is 15.0. The van der Waals surface area contributed by atoms with E-state index in [1.807, 2.05) is 6.07 Å². The van der Waals surface area contributed by atoms with Crippen molar-refractivity contribution in [2.45, 2.75) is 40.0 Å². The third kappa shape index (κ3) is 4.44. The molecule has 1 unspecified atom stereocenters. The summed E-state index contributed by atoms with van der Waals surface area (Å²) in [5.41, 5.74) is 0.351. The lowest BCUT2D eigenvalue weighted by atomic mass is 9.83. The van der Waals surface area contributed by atoms with Gasteiger partial charge >= 0.3 is 0 Å². The van der Waals surface area contributed by atoms with Gasteiger partial charge in [0.25, 0.3) is 0 Å². The molecule has 3 heteroatoms. The number of nitrogens with one attached hydrogen (secondary N) is 1. The lowest BCUT2D eigenvalue weighted by Crippen LogP contribution is -2.33. The molecule has 1 aromatic heterocycles. The molecule has 1 atom stereocenters. The quantitative estimate of drug-likeness (QED) is 0.718. The van der Waals surface area contributed by atoms with Crippen LogP contribution < -0.4 is 5.32 Å². The Hall–Kier alpha value is -0.0500. The summed E-state index contributed by atoms with van der Waals surface area (Å²) in [5, 5.41) is 3.53. The van der Waals surface area contributed by atoms with E-state index in [0.29, 0.717) is 5.41 Å². The molecule has 0 amide bonds. The van der Waals surface area contributed by atoms with Crippen molar-refractivity contribution in [1.82, 2.24) is 5.32 Å². The third-order valence-electron chi connectivity index (χ3n) is 3.06. The molecule has 1 heterocycles. The summed E-state index contributed by atoms with van der Waals surface area (Å²) >= 11 is 7.67. The summed E-state index contributed by atoms with van der Waals surface area (Å²) in [5.74, 6) is 0. The van der Waals surface area contributed by atoms with Crippen LogP contribution in [0.15, 0.2) is 12.1 Å². The molecular formula is C13H22ClNS. The molecule has 1 rings (SSSR count). The SMILES string of the molecule is CCCNCC(C)(CC)Cc1ccc(Cl)s1. The number of hydrogen-bond acceptors (Lipinski definition) is 2. The summed E-state index contributed by atoms with van der Waals surface area (Å²) in [4.78, 5) is 1.40. The molecule has 1 N–H and O–H groups in total. The second-order valence-corrected chi connectivity index (χ2v) is 6.52. The molecule has 0 aromatic carbocycles. The van der Waals surface area contributed by atoms with Crippen molar-refractivity contribution in [2.24, 2.45) is 5.41 Å². The van der Waals surface area contributed by atoms with Crippen LogP contribution >= 0.6 is 22.9 Å². The number of thiophene rings is 1. The Balaban J connectivity index is 2.51. The Bertz CT molecular complexity index is 311. The van der Waals surface area contributed by atoms with Crippen LogP contribution in [-0.4, -0.2) is 13.1 Å². The molecule has 0 bridgehead atoms. The second kappa shape index (κ2) is 6.63. The van der Waals surface area contributed by atoms with Gasteiger partial charge in [-0.1, -0.05) is 32.4 Å². The molecule has 0 aliphatic rings. The lowest BCUT2D eigenvalue weighted by molar-refractivity contribution is 0.293. The molecule has 0 aliphatic carbocycles. The van der Waals surface area contributed by atoms with Crippen molar-refractivity contribution in [3.05, 3.63) is 21.3 Å². The van der Waals surface area contributed by atoms with Crippen molar-refractivity contribution < 1.29 is 0 Å². The lowest BCUT2D eigenvalue weighted by Gasteiger charge is -2.28. The van der Waals surface area contributed by atoms with Gasteiger partial charge in [-0.2, -0.15) is 0 Å². The number of hydrogen-bond donors (Lipinski definition) is 1. The molecule has 0 radical (unpaired) electrons. The van der Waals surface area contributed by atoms with Gasteiger partial charge in [-0.25, -0.2) is 0 Å². The van der Waals surface area contributed by atoms with Crippen LogP contribution in [0.4, 0.5) is 0 Å². The van der Waals surface area contributed by atoms with Gasteiger partial charge in [0.2, 0.25) is 0 Å². The molecule has 0 saturated carbocycles. The van der Waals surface area contributed by atoms with E-state index >= 15 is 0 Å². The van der Waals surface area contributed by atoms with Gasteiger partial charge < -0.3 is 5.32 Å². The van der Waals surface area contributed by atoms with E-state index in [0.717, 1.165) is 23.8 Å². The maximum absolute atomic E-state index is 5.96. The van der Waals surface area contributed by atoms with Gasteiger partial charge in [0.15, 0.2) is 0 Å². The van der Waals surface area contributed by atoms with Gasteiger partial charge in [0.05, 0.1) is 4.34 Å². The topological polar surface area (TPSA) is 12.0 Å². The zero-order chi connectivity index (χ0) is 12.0. The third-order valence-corrected chi connectivity index (χ3v) is 4.29. The first-order valence-corrected chi connectivity index (χ1v) is 7.24. The zero-order valence-electron chi connectivity index (χ0n) is 10.5. The van der Waals surface area contributed by atoms with Crippen LogP contribution in [0, 0.1) is 5.41 Å². The van der Waals surface area contributed by atoms with E-state index in [4.69, 9.17) is 11.6 Å². The maximum atomic E-state index is 5.96. The van der Waals surface area contributed by atoms with Gasteiger partial charge in [-0.15, -0.1) is 11.3 Å². The first kappa shape index (κ1) is 14.0. The van der Waals surface area contributed by atoms with E-state index in [1.54, 1.807) is 11.3 Å². The molecular weight excluding hydrogens is 238 g/mol. The average molecular weight is 260 g/mol. The van der Waals surface area contributed by atoms with Gasteiger partial charge in [-0.3, -0.25) is 0 Å². The Morgan fingerprint density at radius 2 is 2.12 bits per heavy atom. The number of halogens is 1. The minimum Gasteiger partial charge on any atom is -0.316 e. The summed E-state index contributed by atoms with van der Waals surface area (Å²) in [7, 11) is 0. The molecule has 92 valence electrons. The average Bonchev–Trinajstić information content (AvgIpc) is 2.64. The van der Waals surface area contributed by atoms with E-state index in [1.165, 1.54) is 17.7 Å². The van der Waals surface area contributed by atoms with Crippen molar-refractivity contribution in [3.8, 4) is 0 Å². The fraction of sp³-hybridized carbons (Fsp3) is 0.692. The standard InChI is InChI=1S/C13H22ClNS/c1-4-8-15-10-13(3,5-2)9-11-6-7-12(14)16-11/h6-7,15H,4-5,8-10H2,1-3H3. The molecule has 16 heavy (non-hydrogen) atoms. The van der Waals surface area contributed by atoms with Crippen LogP contribution in [0.2, 0.25) is 4.34 Å². The highest BCUT2D eigenvalue weighted by atomic mass is 35.5. The fourth-order valence-electron chi connectivity index (χ4n) is 1.75. The summed E-state index contributed by atoms with van der Waals surface area (Å²) in [6.45, 7) is 9.02. The Labute approximate surface area is 108 Å². The molecule has 0 aliphatic heterocycles. The monoisotopic (exact) mass is 259 g/mol. The Kier molecular flexibility index (Phi) is 5.81. The van der Waals surface area contributed by atoms with Crippen LogP contribution in [0.25, 0.3) is 0 Å². The highest BCUT2D eigenvalue weighted by Gasteiger charge is 2.22. The number of rotatable bonds is 7. The van der Waals surface area contributed by atoms with Gasteiger partial charge in [0.1, 0.15) is 0 Å². The largest absolute Gasteiger partial charge is 0.316 e. The van der Waals surface area contributed by atoms with Gasteiger partial charge in [0, 0.05) is 11.4 Å². The second-order valence-electron chi connectivity index (χ2n) is 4.72. The van der Waals surface area contributed by atoms with Crippen LogP contribution in [0.1, 0.15) is 38.5 Å². The summed E-state index contributed by atoms with van der Waals surface area (Å²) in [6, 6.07) is 4.15. The fourth-order valence-corrected chi connectivity index (χ4v) is 3.05. The minimum absolute atomic E-state index is 0.351. The molecule has 0 saturated heterocycles. The molecule has 1 nitrogen and oxygen atoms in total. The highest BCUT2D eigenvalue weighted by molar-refractivity contribution is 7.16. The highest BCUT2D eigenvalue weighted by Crippen LogP contribution is 2.31. The van der Waals surface area contributed by atoms with Crippen LogP contribution in [0.3, 0.4) is 0 Å². The van der Waals surface area contributed by atoms with Crippen LogP contribution in [-0.2, 0) is 6.42 Å². The predicted molar refractivity (Wildman–Crippen MR) is 74.6 cm³/mol. The van der Waals surface area contributed by atoms with Gasteiger partial charge in [-0.05, 0) is 43.4 Å². The van der Waals surface area contributed by atoms with E-state index in [2.05, 4.69) is 32.2 Å². The maximum Gasteiger partial charge on any atom is 0.0931 e. The zero-order valence-corrected chi connectivity index (χ0v) is 12.0. The minimum atomic E-state index is 0.351.